The summed E-state index contributed by atoms with van der Waals surface area (Å²) in [6.07, 6.45) is 0.868. The maximum atomic E-state index is 9.28. The summed E-state index contributed by atoms with van der Waals surface area (Å²) >= 11 is 0. The third kappa shape index (κ3) is 3.62. The number of aliphatic hydroxyl groups excluding tert-OH is 1. The van der Waals surface area contributed by atoms with Gasteiger partial charge in [-0.15, -0.1) is 0 Å². The smallest absolute Gasteiger partial charge is 0.0522 e. The van der Waals surface area contributed by atoms with E-state index in [1.807, 2.05) is 27.7 Å². The van der Waals surface area contributed by atoms with Crippen LogP contribution in [0.25, 0.3) is 0 Å². The molecule has 0 saturated carbocycles. The van der Waals surface area contributed by atoms with Gasteiger partial charge in [0.25, 0.3) is 0 Å². The minimum absolute atomic E-state index is 0.161. The van der Waals surface area contributed by atoms with Crippen LogP contribution in [0, 0.1) is 0 Å². The molecule has 0 bridgehead atoms. The summed E-state index contributed by atoms with van der Waals surface area (Å²) in [6, 6.07) is 8.36. The predicted octanol–water partition coefficient (Wildman–Crippen LogP) is 2.24. The van der Waals surface area contributed by atoms with Gasteiger partial charge in [-0.3, -0.25) is 0 Å². The molecule has 0 aliphatic heterocycles. The first-order chi connectivity index (χ1) is 7.24. The lowest BCUT2D eigenvalue weighted by atomic mass is 9.84. The number of hydrogen-bond donors (Lipinski definition) is 2. The number of nitrogens with two attached hydrogens (primary N) is 1. The lowest BCUT2D eigenvalue weighted by Gasteiger charge is -2.23. The van der Waals surface area contributed by atoms with E-state index in [9.17, 15) is 5.11 Å². The highest BCUT2D eigenvalue weighted by atomic mass is 16.3. The topological polar surface area (TPSA) is 46.2 Å². The Kier molecular flexibility index (Phi) is 3.76. The Bertz CT molecular complexity index is 333. The van der Waals surface area contributed by atoms with E-state index in [2.05, 4.69) is 24.3 Å². The van der Waals surface area contributed by atoms with Gasteiger partial charge in [0.1, 0.15) is 0 Å². The SMILES string of the molecule is CC(C)(N)Cc1ccc(C(C)(C)CO)cc1. The van der Waals surface area contributed by atoms with E-state index in [0.29, 0.717) is 0 Å². The average molecular weight is 221 g/mol. The van der Waals surface area contributed by atoms with Crippen molar-refractivity contribution in [3.63, 3.8) is 0 Å². The Balaban J connectivity index is 2.84. The Labute approximate surface area is 98.5 Å². The van der Waals surface area contributed by atoms with Crippen molar-refractivity contribution in [1.29, 1.82) is 0 Å². The quantitative estimate of drug-likeness (QED) is 0.819. The van der Waals surface area contributed by atoms with Crippen LogP contribution in [0.4, 0.5) is 0 Å². The highest BCUT2D eigenvalue weighted by molar-refractivity contribution is 5.29. The van der Waals surface area contributed by atoms with Crippen LogP contribution in [0.1, 0.15) is 38.8 Å². The maximum absolute atomic E-state index is 9.28. The fourth-order valence-corrected chi connectivity index (χ4v) is 1.69. The van der Waals surface area contributed by atoms with Crippen molar-refractivity contribution >= 4 is 0 Å². The average Bonchev–Trinajstić information content (AvgIpc) is 2.16. The summed E-state index contributed by atoms with van der Waals surface area (Å²) in [6.45, 7) is 8.29. The van der Waals surface area contributed by atoms with Crippen molar-refractivity contribution in [1.82, 2.24) is 0 Å². The number of aliphatic hydroxyl groups is 1. The zero-order valence-electron chi connectivity index (χ0n) is 10.7. The van der Waals surface area contributed by atoms with Crippen LogP contribution in [0.5, 0.6) is 0 Å². The Morgan fingerprint density at radius 1 is 1.06 bits per heavy atom. The zero-order valence-corrected chi connectivity index (χ0v) is 10.7. The lowest BCUT2D eigenvalue weighted by Crippen LogP contribution is -2.34. The normalized spacial score (nSPS) is 12.9. The molecule has 0 unspecified atom stereocenters. The molecule has 0 saturated heterocycles. The second kappa shape index (κ2) is 4.56. The molecule has 1 aromatic rings. The Morgan fingerprint density at radius 2 is 1.56 bits per heavy atom. The Morgan fingerprint density at radius 3 is 1.94 bits per heavy atom. The third-order valence-electron chi connectivity index (χ3n) is 2.79. The zero-order chi connectivity index (χ0) is 12.4. The largest absolute Gasteiger partial charge is 0.395 e. The summed E-state index contributed by atoms with van der Waals surface area (Å²) in [5, 5.41) is 9.28. The highest BCUT2D eigenvalue weighted by Crippen LogP contribution is 2.23. The standard InChI is InChI=1S/C14H23NO/c1-13(2,10-16)12-7-5-11(6-8-12)9-14(3,4)15/h5-8,16H,9-10,15H2,1-4H3. The number of rotatable bonds is 4. The van der Waals surface area contributed by atoms with Gasteiger partial charge in [-0.1, -0.05) is 38.1 Å². The van der Waals surface area contributed by atoms with E-state index in [0.717, 1.165) is 12.0 Å². The molecule has 0 heterocycles. The van der Waals surface area contributed by atoms with Gasteiger partial charge < -0.3 is 10.8 Å². The van der Waals surface area contributed by atoms with E-state index >= 15 is 0 Å². The molecule has 0 aromatic heterocycles. The van der Waals surface area contributed by atoms with Crippen LogP contribution >= 0.6 is 0 Å². The molecule has 0 aliphatic carbocycles. The summed E-state index contributed by atoms with van der Waals surface area (Å²) in [7, 11) is 0. The van der Waals surface area contributed by atoms with Crippen LogP contribution in [0.3, 0.4) is 0 Å². The number of hydrogen-bond acceptors (Lipinski definition) is 2. The van der Waals surface area contributed by atoms with Crippen LogP contribution < -0.4 is 5.73 Å². The van der Waals surface area contributed by atoms with Crippen molar-refractivity contribution in [3.8, 4) is 0 Å². The van der Waals surface area contributed by atoms with E-state index in [1.165, 1.54) is 5.56 Å². The predicted molar refractivity (Wildman–Crippen MR) is 68.5 cm³/mol. The summed E-state index contributed by atoms with van der Waals surface area (Å²) in [5.74, 6) is 0. The molecule has 16 heavy (non-hydrogen) atoms. The van der Waals surface area contributed by atoms with Crippen molar-refractivity contribution in [2.24, 2.45) is 5.73 Å². The van der Waals surface area contributed by atoms with Crippen LogP contribution in [-0.4, -0.2) is 17.3 Å². The molecular formula is C14H23NO. The van der Waals surface area contributed by atoms with E-state index in [1.54, 1.807) is 0 Å². The van der Waals surface area contributed by atoms with Gasteiger partial charge in [0, 0.05) is 11.0 Å². The van der Waals surface area contributed by atoms with Gasteiger partial charge in [0.2, 0.25) is 0 Å². The fraction of sp³-hybridized carbons (Fsp3) is 0.571. The van der Waals surface area contributed by atoms with Gasteiger partial charge in [-0.05, 0) is 31.4 Å². The molecule has 90 valence electrons. The van der Waals surface area contributed by atoms with E-state index in [4.69, 9.17) is 5.73 Å². The summed E-state index contributed by atoms with van der Waals surface area (Å²) < 4.78 is 0. The minimum atomic E-state index is -0.173. The fourth-order valence-electron chi connectivity index (χ4n) is 1.69. The van der Waals surface area contributed by atoms with Gasteiger partial charge in [-0.25, -0.2) is 0 Å². The molecule has 0 radical (unpaired) electrons. The molecule has 0 amide bonds. The van der Waals surface area contributed by atoms with Crippen molar-refractivity contribution in [2.45, 2.75) is 45.1 Å². The number of benzene rings is 1. The van der Waals surface area contributed by atoms with Crippen LogP contribution in [-0.2, 0) is 11.8 Å². The summed E-state index contributed by atoms with van der Waals surface area (Å²) in [4.78, 5) is 0. The van der Waals surface area contributed by atoms with Crippen LogP contribution in [0.15, 0.2) is 24.3 Å². The first-order valence-electron chi connectivity index (χ1n) is 5.74. The van der Waals surface area contributed by atoms with Gasteiger partial charge in [-0.2, -0.15) is 0 Å². The molecule has 0 fully saturated rings. The summed E-state index contributed by atoms with van der Waals surface area (Å²) in [5.41, 5.74) is 8.04. The van der Waals surface area contributed by atoms with Gasteiger partial charge in [0.15, 0.2) is 0 Å². The molecule has 2 heteroatoms. The maximum Gasteiger partial charge on any atom is 0.0522 e. The molecule has 0 aliphatic rings. The van der Waals surface area contributed by atoms with E-state index in [-0.39, 0.29) is 17.6 Å². The molecule has 1 aromatic carbocycles. The van der Waals surface area contributed by atoms with E-state index < -0.39 is 0 Å². The molecular weight excluding hydrogens is 198 g/mol. The first kappa shape index (κ1) is 13.2. The van der Waals surface area contributed by atoms with Crippen molar-refractivity contribution in [3.05, 3.63) is 35.4 Å². The molecule has 2 nitrogen and oxygen atoms in total. The van der Waals surface area contributed by atoms with Crippen molar-refractivity contribution < 1.29 is 5.11 Å². The van der Waals surface area contributed by atoms with Crippen molar-refractivity contribution in [2.75, 3.05) is 6.61 Å². The lowest BCUT2D eigenvalue weighted by molar-refractivity contribution is 0.218. The molecule has 0 atom stereocenters. The third-order valence-corrected chi connectivity index (χ3v) is 2.79. The second-order valence-electron chi connectivity index (χ2n) is 5.90. The molecule has 0 spiro atoms. The monoisotopic (exact) mass is 221 g/mol. The minimum Gasteiger partial charge on any atom is -0.395 e. The second-order valence-corrected chi connectivity index (χ2v) is 5.90. The highest BCUT2D eigenvalue weighted by Gasteiger charge is 2.19. The molecule has 3 N–H and O–H groups in total. The van der Waals surface area contributed by atoms with Crippen LogP contribution in [0.2, 0.25) is 0 Å². The Hall–Kier alpha value is -0.860. The van der Waals surface area contributed by atoms with Gasteiger partial charge in [0.05, 0.1) is 6.61 Å². The first-order valence-corrected chi connectivity index (χ1v) is 5.74. The van der Waals surface area contributed by atoms with Gasteiger partial charge >= 0.3 is 0 Å². The molecule has 1 rings (SSSR count).